The minimum Gasteiger partial charge on any atom is -0.623 e. The van der Waals surface area contributed by atoms with Gasteiger partial charge in [0.15, 0.2) is 22.9 Å². The molecule has 16 heavy (non-hydrogen) atoms. The van der Waals surface area contributed by atoms with Crippen LogP contribution in [-0.4, -0.2) is 5.11 Å². The fraction of sp³-hybridized carbons (Fsp3) is 0. The Hall–Kier alpha value is -2.04. The van der Waals surface area contributed by atoms with Crippen molar-refractivity contribution in [2.75, 3.05) is 0 Å². The number of phenols is 1. The number of phenolic OH excluding ortho intramolecular Hbond substituents is 1. The Morgan fingerprint density at radius 1 is 1.00 bits per heavy atom. The fourth-order valence-corrected chi connectivity index (χ4v) is 1.79. The molecule has 2 aromatic rings. The first-order valence-electron chi connectivity index (χ1n) is 4.90. The van der Waals surface area contributed by atoms with Crippen molar-refractivity contribution in [3.63, 3.8) is 0 Å². The molecule has 3 rings (SSSR count). The van der Waals surface area contributed by atoms with E-state index in [1.807, 2.05) is 0 Å². The van der Waals surface area contributed by atoms with Crippen LogP contribution in [0.3, 0.4) is 0 Å². The third-order valence-corrected chi connectivity index (χ3v) is 2.56. The van der Waals surface area contributed by atoms with Crippen LogP contribution >= 0.6 is 0 Å². The van der Waals surface area contributed by atoms with E-state index in [2.05, 4.69) is 0 Å². The largest absolute Gasteiger partial charge is 0.623 e. The van der Waals surface area contributed by atoms with E-state index in [0.29, 0.717) is 22.9 Å². The highest BCUT2D eigenvalue weighted by atomic mass is 16.5. The SMILES string of the molecule is [O-][NH+]1c2ccccc2Oc2cc(O)ccc21. The molecule has 1 atom stereocenters. The van der Waals surface area contributed by atoms with Gasteiger partial charge < -0.3 is 20.1 Å². The van der Waals surface area contributed by atoms with E-state index in [-0.39, 0.29) is 10.8 Å². The number of rotatable bonds is 0. The molecule has 0 aromatic heterocycles. The lowest BCUT2D eigenvalue weighted by atomic mass is 10.2. The number of quaternary nitrogens is 1. The predicted molar refractivity (Wildman–Crippen MR) is 58.3 cm³/mol. The number of para-hydroxylation sites is 2. The van der Waals surface area contributed by atoms with Gasteiger partial charge in [-0.3, -0.25) is 0 Å². The first-order valence-corrected chi connectivity index (χ1v) is 4.90. The summed E-state index contributed by atoms with van der Waals surface area (Å²) < 4.78 is 5.55. The van der Waals surface area contributed by atoms with Crippen LogP contribution < -0.4 is 9.80 Å². The molecular weight excluding hydrogens is 206 g/mol. The second kappa shape index (κ2) is 3.23. The highest BCUT2D eigenvalue weighted by Crippen LogP contribution is 2.37. The molecule has 1 heterocycles. The van der Waals surface area contributed by atoms with Gasteiger partial charge in [-0.2, -0.15) is 0 Å². The Bertz CT molecular complexity index is 554. The van der Waals surface area contributed by atoms with Crippen LogP contribution in [0.2, 0.25) is 0 Å². The molecule has 0 bridgehead atoms. The van der Waals surface area contributed by atoms with Crippen LogP contribution in [0.4, 0.5) is 11.4 Å². The Labute approximate surface area is 91.9 Å². The number of benzene rings is 2. The summed E-state index contributed by atoms with van der Waals surface area (Å²) in [6.45, 7) is 0. The zero-order valence-corrected chi connectivity index (χ0v) is 8.31. The second-order valence-electron chi connectivity index (χ2n) is 3.61. The van der Waals surface area contributed by atoms with Crippen LogP contribution in [0, 0.1) is 5.21 Å². The van der Waals surface area contributed by atoms with E-state index >= 15 is 0 Å². The lowest BCUT2D eigenvalue weighted by Crippen LogP contribution is -2.97. The standard InChI is InChI=1S/C12H9NO3/c14-8-5-6-10-12(7-8)16-11-4-2-1-3-9(11)13(10)15/h1-7,13-14H. The molecule has 4 heteroatoms. The number of hydrogen-bond donors (Lipinski definition) is 2. The summed E-state index contributed by atoms with van der Waals surface area (Å²) in [5.74, 6) is 1.03. The van der Waals surface area contributed by atoms with Gasteiger partial charge in [-0.25, -0.2) is 0 Å². The van der Waals surface area contributed by atoms with E-state index in [9.17, 15) is 10.3 Å². The van der Waals surface area contributed by atoms with E-state index in [1.165, 1.54) is 12.1 Å². The molecule has 1 aliphatic heterocycles. The molecule has 2 aromatic carbocycles. The first-order chi connectivity index (χ1) is 7.75. The molecule has 1 aliphatic rings. The van der Waals surface area contributed by atoms with E-state index in [4.69, 9.17) is 4.74 Å². The Balaban J connectivity index is 2.18. The first kappa shape index (κ1) is 9.21. The highest BCUT2D eigenvalue weighted by Gasteiger charge is 2.24. The topological polar surface area (TPSA) is 57.0 Å². The summed E-state index contributed by atoms with van der Waals surface area (Å²) in [6, 6.07) is 11.6. The Kier molecular flexibility index (Phi) is 1.86. The normalized spacial score (nSPS) is 17.2. The van der Waals surface area contributed by atoms with Crippen LogP contribution in [-0.2, 0) is 0 Å². The molecule has 0 radical (unpaired) electrons. The lowest BCUT2D eigenvalue weighted by molar-refractivity contribution is -0.701. The van der Waals surface area contributed by atoms with Gasteiger partial charge in [-0.1, -0.05) is 12.1 Å². The van der Waals surface area contributed by atoms with Crippen molar-refractivity contribution in [1.29, 1.82) is 0 Å². The summed E-state index contributed by atoms with van der Waals surface area (Å²) in [5, 5.41) is 21.3. The number of ether oxygens (including phenoxy) is 1. The van der Waals surface area contributed by atoms with Gasteiger partial charge in [0.2, 0.25) is 0 Å². The van der Waals surface area contributed by atoms with E-state index in [0.717, 1.165) is 0 Å². The zero-order chi connectivity index (χ0) is 11.1. The monoisotopic (exact) mass is 215 g/mol. The molecule has 0 saturated heterocycles. The highest BCUT2D eigenvalue weighted by molar-refractivity contribution is 5.61. The molecule has 0 saturated carbocycles. The molecule has 4 nitrogen and oxygen atoms in total. The number of nitrogens with one attached hydrogen (secondary N) is 1. The average molecular weight is 215 g/mol. The minimum atomic E-state index is -0.0724. The van der Waals surface area contributed by atoms with Crippen molar-refractivity contribution in [3.8, 4) is 17.2 Å². The van der Waals surface area contributed by atoms with Crippen molar-refractivity contribution in [3.05, 3.63) is 47.7 Å². The van der Waals surface area contributed by atoms with E-state index < -0.39 is 0 Å². The second-order valence-corrected chi connectivity index (χ2v) is 3.61. The summed E-state index contributed by atoms with van der Waals surface area (Å²) >= 11 is 0. The van der Waals surface area contributed by atoms with Crippen LogP contribution in [0.15, 0.2) is 42.5 Å². The summed E-state index contributed by atoms with van der Waals surface area (Å²) in [6.07, 6.45) is 0. The molecule has 0 spiro atoms. The lowest BCUT2D eigenvalue weighted by Gasteiger charge is -2.29. The van der Waals surface area contributed by atoms with Gasteiger partial charge in [0.1, 0.15) is 5.75 Å². The van der Waals surface area contributed by atoms with Crippen molar-refractivity contribution in [2.24, 2.45) is 0 Å². The molecular formula is C12H9NO3. The van der Waals surface area contributed by atoms with Gasteiger partial charge in [-0.05, 0) is 12.1 Å². The van der Waals surface area contributed by atoms with Gasteiger partial charge in [-0.15, -0.1) is 0 Å². The van der Waals surface area contributed by atoms with E-state index in [1.54, 1.807) is 30.3 Å². The molecule has 0 aliphatic carbocycles. The Morgan fingerprint density at radius 3 is 2.62 bits per heavy atom. The zero-order valence-electron chi connectivity index (χ0n) is 8.31. The minimum absolute atomic E-state index is 0.0724. The van der Waals surface area contributed by atoms with Gasteiger partial charge >= 0.3 is 0 Å². The quantitative estimate of drug-likeness (QED) is 0.520. The summed E-state index contributed by atoms with van der Waals surface area (Å²) in [5.41, 5.74) is 1.04. The van der Waals surface area contributed by atoms with Crippen molar-refractivity contribution in [2.45, 2.75) is 0 Å². The molecule has 0 fully saturated rings. The summed E-state index contributed by atoms with van der Waals surface area (Å²) in [7, 11) is 0. The molecule has 80 valence electrons. The third-order valence-electron chi connectivity index (χ3n) is 2.56. The predicted octanol–water partition coefficient (Wildman–Crippen LogP) is 1.84. The molecule has 0 amide bonds. The average Bonchev–Trinajstić information content (AvgIpc) is 2.29. The fourth-order valence-electron chi connectivity index (χ4n) is 1.79. The summed E-state index contributed by atoms with van der Waals surface area (Å²) in [4.78, 5) is 0. The van der Waals surface area contributed by atoms with Gasteiger partial charge in [0, 0.05) is 18.2 Å². The van der Waals surface area contributed by atoms with Crippen molar-refractivity contribution in [1.82, 2.24) is 0 Å². The maximum Gasteiger partial charge on any atom is 0.192 e. The maximum absolute atomic E-state index is 12.1. The van der Waals surface area contributed by atoms with Crippen molar-refractivity contribution < 1.29 is 14.9 Å². The number of hydrogen-bond acceptors (Lipinski definition) is 3. The van der Waals surface area contributed by atoms with Crippen LogP contribution in [0.5, 0.6) is 17.2 Å². The maximum atomic E-state index is 12.1. The van der Waals surface area contributed by atoms with Crippen molar-refractivity contribution >= 4 is 11.4 Å². The van der Waals surface area contributed by atoms with Crippen LogP contribution in [0.1, 0.15) is 0 Å². The Morgan fingerprint density at radius 2 is 1.75 bits per heavy atom. The number of fused-ring (bicyclic) bond motifs is 2. The van der Waals surface area contributed by atoms with Gasteiger partial charge in [0.05, 0.1) is 0 Å². The number of aromatic hydroxyl groups is 1. The molecule has 2 N–H and O–H groups in total. The van der Waals surface area contributed by atoms with Gasteiger partial charge in [0.25, 0.3) is 0 Å². The smallest absolute Gasteiger partial charge is 0.192 e. The third kappa shape index (κ3) is 1.25. The molecule has 1 unspecified atom stereocenters. The van der Waals surface area contributed by atoms with Crippen LogP contribution in [0.25, 0.3) is 0 Å².